The van der Waals surface area contributed by atoms with Gasteiger partial charge >= 0.3 is 0 Å². The molecular weight excluding hydrogens is 251 g/mol. The second-order valence-corrected chi connectivity index (χ2v) is 4.79. The number of rotatable bonds is 1. The number of para-hydroxylation sites is 2. The van der Waals surface area contributed by atoms with Crippen LogP contribution in [0.5, 0.6) is 0 Å². The second kappa shape index (κ2) is 4.20. The van der Waals surface area contributed by atoms with Crippen LogP contribution in [-0.2, 0) is 0 Å². The van der Waals surface area contributed by atoms with Crippen molar-refractivity contribution in [1.29, 1.82) is 0 Å². The third kappa shape index (κ3) is 1.62. The van der Waals surface area contributed by atoms with Gasteiger partial charge in [0.15, 0.2) is 0 Å². The van der Waals surface area contributed by atoms with Crippen LogP contribution in [0.1, 0.15) is 0 Å². The van der Waals surface area contributed by atoms with Gasteiger partial charge in [-0.3, -0.25) is 0 Å². The third-order valence-corrected chi connectivity index (χ3v) is 3.56. The number of hydrogen-bond donors (Lipinski definition) is 0. The fourth-order valence-corrected chi connectivity index (χ4v) is 2.60. The van der Waals surface area contributed by atoms with Crippen LogP contribution < -0.4 is 0 Å². The highest BCUT2D eigenvalue weighted by atomic mass is 19.1. The van der Waals surface area contributed by atoms with Crippen LogP contribution in [0.4, 0.5) is 4.39 Å². The van der Waals surface area contributed by atoms with Crippen LogP contribution in [0.15, 0.2) is 71.1 Å². The molecule has 0 N–H and O–H groups in total. The molecule has 3 aromatic carbocycles. The van der Waals surface area contributed by atoms with Crippen molar-refractivity contribution < 1.29 is 8.81 Å². The maximum Gasteiger partial charge on any atom is 0.143 e. The number of benzene rings is 3. The quantitative estimate of drug-likeness (QED) is 0.448. The Morgan fingerprint density at radius 3 is 2.30 bits per heavy atom. The van der Waals surface area contributed by atoms with Gasteiger partial charge in [-0.25, -0.2) is 4.39 Å². The Labute approximate surface area is 115 Å². The molecule has 0 unspecified atom stereocenters. The van der Waals surface area contributed by atoms with E-state index < -0.39 is 0 Å². The normalized spacial score (nSPS) is 11.2. The summed E-state index contributed by atoms with van der Waals surface area (Å²) in [5, 5.41) is 2.19. The molecule has 0 aliphatic rings. The van der Waals surface area contributed by atoms with Crippen LogP contribution in [0.25, 0.3) is 33.1 Å². The summed E-state index contributed by atoms with van der Waals surface area (Å²) in [6.45, 7) is 0. The van der Waals surface area contributed by atoms with E-state index in [2.05, 4.69) is 6.07 Å². The van der Waals surface area contributed by atoms with Crippen LogP contribution in [0.3, 0.4) is 0 Å². The van der Waals surface area contributed by atoms with E-state index in [1.165, 1.54) is 12.1 Å². The SMILES string of the molecule is Fc1ccc(-c2cccc3c2oc2ccccc23)cc1. The molecule has 96 valence electrons. The molecule has 0 spiro atoms. The number of hydrogen-bond acceptors (Lipinski definition) is 1. The topological polar surface area (TPSA) is 13.1 Å². The molecule has 4 rings (SSSR count). The molecule has 0 saturated heterocycles. The van der Waals surface area contributed by atoms with Crippen LogP contribution in [0, 0.1) is 5.82 Å². The molecule has 0 amide bonds. The summed E-state index contributed by atoms with van der Waals surface area (Å²) in [6.07, 6.45) is 0. The van der Waals surface area contributed by atoms with Crippen molar-refractivity contribution in [3.05, 3.63) is 72.5 Å². The molecule has 20 heavy (non-hydrogen) atoms. The molecule has 1 heterocycles. The molecule has 0 saturated carbocycles. The van der Waals surface area contributed by atoms with Crippen molar-refractivity contribution in [3.8, 4) is 11.1 Å². The van der Waals surface area contributed by atoms with E-state index in [4.69, 9.17) is 4.42 Å². The zero-order valence-corrected chi connectivity index (χ0v) is 10.6. The van der Waals surface area contributed by atoms with Gasteiger partial charge in [-0.1, -0.05) is 48.5 Å². The summed E-state index contributed by atoms with van der Waals surface area (Å²) in [4.78, 5) is 0. The zero-order chi connectivity index (χ0) is 13.5. The lowest BCUT2D eigenvalue weighted by Crippen LogP contribution is -1.79. The lowest BCUT2D eigenvalue weighted by atomic mass is 10.0. The van der Waals surface area contributed by atoms with Crippen molar-refractivity contribution in [3.63, 3.8) is 0 Å². The predicted octanol–water partition coefficient (Wildman–Crippen LogP) is 5.39. The maximum absolute atomic E-state index is 13.1. The molecule has 1 aromatic heterocycles. The van der Waals surface area contributed by atoms with Crippen LogP contribution >= 0.6 is 0 Å². The molecular formula is C18H11FO. The van der Waals surface area contributed by atoms with Gasteiger partial charge in [0.25, 0.3) is 0 Å². The summed E-state index contributed by atoms with van der Waals surface area (Å²) < 4.78 is 19.0. The fraction of sp³-hybridized carbons (Fsp3) is 0. The summed E-state index contributed by atoms with van der Waals surface area (Å²) in [5.41, 5.74) is 3.66. The van der Waals surface area contributed by atoms with Gasteiger partial charge in [0.2, 0.25) is 0 Å². The van der Waals surface area contributed by atoms with Crippen molar-refractivity contribution in [1.82, 2.24) is 0 Å². The van der Waals surface area contributed by atoms with Gasteiger partial charge in [0.05, 0.1) is 0 Å². The maximum atomic E-state index is 13.1. The van der Waals surface area contributed by atoms with E-state index in [-0.39, 0.29) is 5.82 Å². The molecule has 1 nitrogen and oxygen atoms in total. The number of fused-ring (bicyclic) bond motifs is 3. The molecule has 0 aliphatic carbocycles. The third-order valence-electron chi connectivity index (χ3n) is 3.56. The molecule has 0 atom stereocenters. The van der Waals surface area contributed by atoms with Crippen molar-refractivity contribution in [2.45, 2.75) is 0 Å². The Morgan fingerprint density at radius 1 is 0.700 bits per heavy atom. The first-order chi connectivity index (χ1) is 9.83. The Balaban J connectivity index is 2.07. The van der Waals surface area contributed by atoms with Crippen molar-refractivity contribution in [2.75, 3.05) is 0 Å². The van der Waals surface area contributed by atoms with E-state index in [1.54, 1.807) is 12.1 Å². The average molecular weight is 262 g/mol. The molecule has 0 fully saturated rings. The Bertz CT molecular complexity index is 904. The summed E-state index contributed by atoms with van der Waals surface area (Å²) in [7, 11) is 0. The second-order valence-electron chi connectivity index (χ2n) is 4.79. The minimum absolute atomic E-state index is 0.231. The molecule has 4 aromatic rings. The van der Waals surface area contributed by atoms with Crippen LogP contribution in [0.2, 0.25) is 0 Å². The highest BCUT2D eigenvalue weighted by Gasteiger charge is 2.11. The average Bonchev–Trinajstić information content (AvgIpc) is 2.87. The first-order valence-corrected chi connectivity index (χ1v) is 6.49. The highest BCUT2D eigenvalue weighted by molar-refractivity contribution is 6.09. The standard InChI is InChI=1S/C18H11FO/c19-13-10-8-12(9-11-13)14-5-3-6-16-15-4-1-2-7-17(15)20-18(14)16/h1-11H. The minimum Gasteiger partial charge on any atom is -0.455 e. The Hall–Kier alpha value is -2.61. The fourth-order valence-electron chi connectivity index (χ4n) is 2.60. The molecule has 0 aliphatic heterocycles. The smallest absolute Gasteiger partial charge is 0.143 e. The summed E-state index contributed by atoms with van der Waals surface area (Å²) in [5.74, 6) is -0.231. The lowest BCUT2D eigenvalue weighted by molar-refractivity contribution is 0.628. The molecule has 0 bridgehead atoms. The lowest BCUT2D eigenvalue weighted by Gasteiger charge is -2.02. The van der Waals surface area contributed by atoms with E-state index in [0.717, 1.165) is 33.1 Å². The van der Waals surface area contributed by atoms with E-state index in [0.29, 0.717) is 0 Å². The minimum atomic E-state index is -0.231. The van der Waals surface area contributed by atoms with E-state index in [1.807, 2.05) is 36.4 Å². The van der Waals surface area contributed by atoms with Gasteiger partial charge in [-0.15, -0.1) is 0 Å². The van der Waals surface area contributed by atoms with E-state index in [9.17, 15) is 4.39 Å². The monoisotopic (exact) mass is 262 g/mol. The number of halogens is 1. The van der Waals surface area contributed by atoms with Crippen molar-refractivity contribution >= 4 is 21.9 Å². The number of furan rings is 1. The molecule has 0 radical (unpaired) electrons. The van der Waals surface area contributed by atoms with Gasteiger partial charge < -0.3 is 4.42 Å². The first kappa shape index (κ1) is 11.2. The summed E-state index contributed by atoms with van der Waals surface area (Å²) >= 11 is 0. The van der Waals surface area contributed by atoms with Gasteiger partial charge in [0, 0.05) is 16.3 Å². The highest BCUT2D eigenvalue weighted by Crippen LogP contribution is 2.35. The van der Waals surface area contributed by atoms with Gasteiger partial charge in [-0.2, -0.15) is 0 Å². The predicted molar refractivity (Wildman–Crippen MR) is 79.1 cm³/mol. The van der Waals surface area contributed by atoms with Crippen molar-refractivity contribution in [2.24, 2.45) is 0 Å². The first-order valence-electron chi connectivity index (χ1n) is 6.49. The summed E-state index contributed by atoms with van der Waals surface area (Å²) in [6, 6.07) is 20.5. The largest absolute Gasteiger partial charge is 0.455 e. The van der Waals surface area contributed by atoms with Crippen LogP contribution in [-0.4, -0.2) is 0 Å². The molecule has 2 heteroatoms. The zero-order valence-electron chi connectivity index (χ0n) is 10.6. The van der Waals surface area contributed by atoms with Gasteiger partial charge in [-0.05, 0) is 23.8 Å². The Morgan fingerprint density at radius 2 is 1.45 bits per heavy atom. The van der Waals surface area contributed by atoms with E-state index >= 15 is 0 Å². The van der Waals surface area contributed by atoms with Gasteiger partial charge in [0.1, 0.15) is 17.0 Å². The Kier molecular flexibility index (Phi) is 2.36.